The smallest absolute Gasteiger partial charge is 0.227 e. The predicted octanol–water partition coefficient (Wildman–Crippen LogP) is 1.75. The number of aromatic nitrogens is 3. The minimum atomic E-state index is -0.325. The summed E-state index contributed by atoms with van der Waals surface area (Å²) in [7, 11) is 0. The molecule has 0 bridgehead atoms. The third-order valence-corrected chi connectivity index (χ3v) is 4.87. The number of pyridine rings is 1. The van der Waals surface area contributed by atoms with Gasteiger partial charge in [-0.2, -0.15) is 0 Å². The SMILES string of the molecule is Cc1ccc(N2C[C@H](C(=O)NCCc3nnc4ccccn34)CC2=O)cc1. The van der Waals surface area contributed by atoms with Crippen LogP contribution in [0.2, 0.25) is 0 Å². The van der Waals surface area contributed by atoms with Gasteiger partial charge in [0.05, 0.1) is 5.92 Å². The van der Waals surface area contributed by atoms with E-state index in [1.807, 2.05) is 60.0 Å². The molecule has 138 valence electrons. The second-order valence-corrected chi connectivity index (χ2v) is 6.83. The number of hydrogen-bond acceptors (Lipinski definition) is 4. The van der Waals surface area contributed by atoms with Crippen molar-refractivity contribution >= 4 is 23.1 Å². The van der Waals surface area contributed by atoms with E-state index < -0.39 is 0 Å². The molecule has 0 unspecified atom stereocenters. The Balaban J connectivity index is 1.33. The van der Waals surface area contributed by atoms with Crippen LogP contribution in [0, 0.1) is 12.8 Å². The number of fused-ring (bicyclic) bond motifs is 1. The Labute approximate surface area is 157 Å². The largest absolute Gasteiger partial charge is 0.355 e. The third-order valence-electron chi connectivity index (χ3n) is 4.87. The van der Waals surface area contributed by atoms with Gasteiger partial charge in [-0.3, -0.25) is 14.0 Å². The topological polar surface area (TPSA) is 79.6 Å². The van der Waals surface area contributed by atoms with Crippen molar-refractivity contribution < 1.29 is 9.59 Å². The molecule has 7 heteroatoms. The van der Waals surface area contributed by atoms with Gasteiger partial charge >= 0.3 is 0 Å². The van der Waals surface area contributed by atoms with E-state index in [2.05, 4.69) is 15.5 Å². The van der Waals surface area contributed by atoms with E-state index in [1.54, 1.807) is 4.90 Å². The Kier molecular flexibility index (Phi) is 4.58. The van der Waals surface area contributed by atoms with Crippen molar-refractivity contribution in [2.24, 2.45) is 5.92 Å². The second-order valence-electron chi connectivity index (χ2n) is 6.83. The highest BCUT2D eigenvalue weighted by atomic mass is 16.2. The van der Waals surface area contributed by atoms with Crippen molar-refractivity contribution in [3.8, 4) is 0 Å². The summed E-state index contributed by atoms with van der Waals surface area (Å²) in [5.41, 5.74) is 2.77. The molecule has 4 rings (SSSR count). The number of nitrogens with zero attached hydrogens (tertiary/aromatic N) is 4. The summed E-state index contributed by atoms with van der Waals surface area (Å²) in [6.45, 7) is 2.88. The first kappa shape index (κ1) is 17.2. The lowest BCUT2D eigenvalue weighted by atomic mass is 10.1. The quantitative estimate of drug-likeness (QED) is 0.749. The Morgan fingerprint density at radius 1 is 1.19 bits per heavy atom. The normalized spacial score (nSPS) is 16.9. The van der Waals surface area contributed by atoms with Crippen LogP contribution in [0.5, 0.6) is 0 Å². The van der Waals surface area contributed by atoms with Gasteiger partial charge in [0.25, 0.3) is 0 Å². The molecular weight excluding hydrogens is 342 g/mol. The molecule has 1 aromatic carbocycles. The molecule has 1 N–H and O–H groups in total. The molecule has 1 atom stereocenters. The molecular formula is C20H21N5O2. The van der Waals surface area contributed by atoms with Crippen LogP contribution in [-0.2, 0) is 16.0 Å². The summed E-state index contributed by atoms with van der Waals surface area (Å²) in [4.78, 5) is 26.5. The van der Waals surface area contributed by atoms with Crippen molar-refractivity contribution in [2.45, 2.75) is 19.8 Å². The van der Waals surface area contributed by atoms with Gasteiger partial charge in [0, 0.05) is 37.8 Å². The number of anilines is 1. The summed E-state index contributed by atoms with van der Waals surface area (Å²) < 4.78 is 1.91. The number of rotatable bonds is 5. The summed E-state index contributed by atoms with van der Waals surface area (Å²) in [6.07, 6.45) is 2.73. The average molecular weight is 363 g/mol. The van der Waals surface area contributed by atoms with Crippen molar-refractivity contribution in [3.05, 3.63) is 60.0 Å². The molecule has 1 aliphatic heterocycles. The Morgan fingerprint density at radius 3 is 2.81 bits per heavy atom. The van der Waals surface area contributed by atoms with Crippen LogP contribution in [0.1, 0.15) is 17.8 Å². The monoisotopic (exact) mass is 363 g/mol. The summed E-state index contributed by atoms with van der Waals surface area (Å²) in [5, 5.41) is 11.2. The van der Waals surface area contributed by atoms with E-state index in [1.165, 1.54) is 0 Å². The highest BCUT2D eigenvalue weighted by molar-refractivity contribution is 6.00. The molecule has 3 heterocycles. The number of hydrogen-bond donors (Lipinski definition) is 1. The Hall–Kier alpha value is -3.22. The van der Waals surface area contributed by atoms with E-state index in [0.717, 1.165) is 22.7 Å². The van der Waals surface area contributed by atoms with E-state index >= 15 is 0 Å². The highest BCUT2D eigenvalue weighted by Crippen LogP contribution is 2.25. The lowest BCUT2D eigenvalue weighted by Gasteiger charge is -2.17. The van der Waals surface area contributed by atoms with Crippen molar-refractivity contribution in [2.75, 3.05) is 18.0 Å². The number of nitrogens with one attached hydrogen (secondary N) is 1. The summed E-state index contributed by atoms with van der Waals surface area (Å²) in [6, 6.07) is 13.5. The number of aryl methyl sites for hydroxylation is 1. The van der Waals surface area contributed by atoms with Crippen LogP contribution in [0.3, 0.4) is 0 Å². The first-order chi connectivity index (χ1) is 13.1. The van der Waals surface area contributed by atoms with Crippen molar-refractivity contribution in [1.82, 2.24) is 19.9 Å². The van der Waals surface area contributed by atoms with Gasteiger partial charge in [-0.05, 0) is 31.2 Å². The fraction of sp³-hybridized carbons (Fsp3) is 0.300. The second kappa shape index (κ2) is 7.19. The minimum Gasteiger partial charge on any atom is -0.355 e. The molecule has 1 aliphatic rings. The molecule has 2 aromatic heterocycles. The maximum atomic E-state index is 12.5. The van der Waals surface area contributed by atoms with E-state index in [4.69, 9.17) is 0 Å². The zero-order chi connectivity index (χ0) is 18.8. The maximum Gasteiger partial charge on any atom is 0.227 e. The molecule has 0 spiro atoms. The van der Waals surface area contributed by atoms with Crippen LogP contribution in [0.4, 0.5) is 5.69 Å². The van der Waals surface area contributed by atoms with E-state index in [9.17, 15) is 9.59 Å². The zero-order valence-electron chi connectivity index (χ0n) is 15.1. The van der Waals surface area contributed by atoms with Gasteiger partial charge in [0.15, 0.2) is 5.65 Å². The number of carbonyl (C=O) groups is 2. The predicted molar refractivity (Wildman–Crippen MR) is 101 cm³/mol. The molecule has 0 aliphatic carbocycles. The van der Waals surface area contributed by atoms with Gasteiger partial charge in [0.1, 0.15) is 5.82 Å². The molecule has 0 saturated carbocycles. The summed E-state index contributed by atoms with van der Waals surface area (Å²) >= 11 is 0. The van der Waals surface area contributed by atoms with Gasteiger partial charge in [-0.1, -0.05) is 23.8 Å². The minimum absolute atomic E-state index is 0.0116. The maximum absolute atomic E-state index is 12.5. The Bertz CT molecular complexity index is 979. The van der Waals surface area contributed by atoms with Crippen LogP contribution >= 0.6 is 0 Å². The molecule has 1 fully saturated rings. The Morgan fingerprint density at radius 2 is 2.00 bits per heavy atom. The lowest BCUT2D eigenvalue weighted by molar-refractivity contribution is -0.126. The number of carbonyl (C=O) groups excluding carboxylic acids is 2. The molecule has 27 heavy (non-hydrogen) atoms. The van der Waals surface area contributed by atoms with Gasteiger partial charge in [-0.15, -0.1) is 10.2 Å². The molecule has 2 amide bonds. The number of amides is 2. The highest BCUT2D eigenvalue weighted by Gasteiger charge is 2.34. The van der Waals surface area contributed by atoms with Crippen LogP contribution in [-0.4, -0.2) is 39.5 Å². The fourth-order valence-electron chi connectivity index (χ4n) is 3.36. The van der Waals surface area contributed by atoms with Crippen molar-refractivity contribution in [1.29, 1.82) is 0 Å². The fourth-order valence-corrected chi connectivity index (χ4v) is 3.36. The molecule has 3 aromatic rings. The molecule has 1 saturated heterocycles. The zero-order valence-corrected chi connectivity index (χ0v) is 15.1. The van der Waals surface area contributed by atoms with E-state index in [0.29, 0.717) is 19.5 Å². The van der Waals surface area contributed by atoms with Gasteiger partial charge in [-0.25, -0.2) is 0 Å². The molecule has 7 nitrogen and oxygen atoms in total. The van der Waals surface area contributed by atoms with Crippen LogP contribution in [0.15, 0.2) is 48.7 Å². The van der Waals surface area contributed by atoms with E-state index in [-0.39, 0.29) is 24.2 Å². The van der Waals surface area contributed by atoms with Crippen molar-refractivity contribution in [3.63, 3.8) is 0 Å². The first-order valence-electron chi connectivity index (χ1n) is 9.05. The van der Waals surface area contributed by atoms with Crippen LogP contribution < -0.4 is 10.2 Å². The van der Waals surface area contributed by atoms with Crippen LogP contribution in [0.25, 0.3) is 5.65 Å². The average Bonchev–Trinajstić information content (AvgIpc) is 3.26. The summed E-state index contributed by atoms with van der Waals surface area (Å²) in [5.74, 6) is 0.373. The standard InChI is InChI=1S/C20H21N5O2/c1-14-5-7-16(8-6-14)25-13-15(12-19(25)26)20(27)21-10-9-18-23-22-17-4-2-3-11-24(17)18/h2-8,11,15H,9-10,12-13H2,1H3,(H,21,27)/t15-/m1/s1. The first-order valence-corrected chi connectivity index (χ1v) is 9.05. The lowest BCUT2D eigenvalue weighted by Crippen LogP contribution is -2.34. The third kappa shape index (κ3) is 3.53. The van der Waals surface area contributed by atoms with Gasteiger partial charge < -0.3 is 10.2 Å². The molecule has 0 radical (unpaired) electrons. The number of benzene rings is 1. The van der Waals surface area contributed by atoms with Gasteiger partial charge in [0.2, 0.25) is 11.8 Å².